The van der Waals surface area contributed by atoms with Gasteiger partial charge in [0.2, 0.25) is 15.9 Å². The maximum atomic E-state index is 13.2. The van der Waals surface area contributed by atoms with E-state index in [9.17, 15) is 13.2 Å². The molecule has 8 heteroatoms. The van der Waals surface area contributed by atoms with Crippen LogP contribution in [0.2, 0.25) is 5.02 Å². The molecule has 1 N–H and O–H groups in total. The van der Waals surface area contributed by atoms with Gasteiger partial charge in [-0.2, -0.15) is 0 Å². The van der Waals surface area contributed by atoms with Gasteiger partial charge in [0.25, 0.3) is 0 Å². The van der Waals surface area contributed by atoms with Crippen LogP contribution in [-0.4, -0.2) is 33.7 Å². The van der Waals surface area contributed by atoms with Gasteiger partial charge >= 0.3 is 0 Å². The third-order valence-electron chi connectivity index (χ3n) is 4.94. The first kappa shape index (κ1) is 24.0. The molecule has 6 nitrogen and oxygen atoms in total. The first-order valence-electron chi connectivity index (χ1n) is 9.82. The normalized spacial score (nSPS) is 13.4. The highest BCUT2D eigenvalue weighted by Gasteiger charge is 2.32. The highest BCUT2D eigenvalue weighted by molar-refractivity contribution is 7.92. The van der Waals surface area contributed by atoms with Crippen LogP contribution in [0.25, 0.3) is 0 Å². The molecule has 0 aliphatic heterocycles. The number of sulfonamides is 1. The van der Waals surface area contributed by atoms with E-state index in [0.29, 0.717) is 23.6 Å². The number of hydrogen-bond acceptors (Lipinski definition) is 4. The number of anilines is 1. The monoisotopic (exact) mass is 452 g/mol. The van der Waals surface area contributed by atoms with E-state index >= 15 is 0 Å². The molecule has 0 unspecified atom stereocenters. The van der Waals surface area contributed by atoms with Gasteiger partial charge < -0.3 is 10.1 Å². The second kappa shape index (κ2) is 10.2. The number of methoxy groups -OCH3 is 1. The molecule has 2 aromatic rings. The van der Waals surface area contributed by atoms with E-state index in [1.54, 1.807) is 38.3 Å². The molecule has 0 heterocycles. The molecule has 0 fully saturated rings. The van der Waals surface area contributed by atoms with Gasteiger partial charge in [-0.15, -0.1) is 0 Å². The van der Waals surface area contributed by atoms with Crippen LogP contribution in [0.3, 0.4) is 0 Å². The van der Waals surface area contributed by atoms with E-state index in [1.165, 1.54) is 0 Å². The van der Waals surface area contributed by atoms with Gasteiger partial charge in [-0.25, -0.2) is 8.42 Å². The molecule has 2 rings (SSSR count). The van der Waals surface area contributed by atoms with E-state index in [-0.39, 0.29) is 11.9 Å². The average Bonchev–Trinajstić information content (AvgIpc) is 2.68. The minimum Gasteiger partial charge on any atom is -0.496 e. The number of hydrogen-bond donors (Lipinski definition) is 1. The SMILES string of the molecule is CC[C@H](NC(=O)[C@H](CC)N(c1cccc(Cl)c1)S(C)(=O)=O)c1ccc(OC)c(C)c1. The summed E-state index contributed by atoms with van der Waals surface area (Å²) in [6.45, 7) is 5.69. The summed E-state index contributed by atoms with van der Waals surface area (Å²) < 4.78 is 31.6. The molecule has 0 aliphatic carbocycles. The lowest BCUT2D eigenvalue weighted by atomic mass is 10.0. The predicted octanol–water partition coefficient (Wildman–Crippen LogP) is 4.47. The molecule has 1 amide bonds. The summed E-state index contributed by atoms with van der Waals surface area (Å²) in [6, 6.07) is 11.1. The lowest BCUT2D eigenvalue weighted by molar-refractivity contribution is -0.123. The number of nitrogens with one attached hydrogen (secondary N) is 1. The molecule has 2 aromatic carbocycles. The van der Waals surface area contributed by atoms with Gasteiger partial charge in [0.05, 0.1) is 25.1 Å². The number of amides is 1. The number of rotatable bonds is 9. The van der Waals surface area contributed by atoms with Crippen LogP contribution in [0.15, 0.2) is 42.5 Å². The summed E-state index contributed by atoms with van der Waals surface area (Å²) in [5.74, 6) is 0.416. The number of ether oxygens (including phenoxy) is 1. The Kier molecular flexibility index (Phi) is 8.15. The van der Waals surface area contributed by atoms with E-state index in [2.05, 4.69) is 5.32 Å². The summed E-state index contributed by atoms with van der Waals surface area (Å²) in [4.78, 5) is 13.2. The van der Waals surface area contributed by atoms with Crippen LogP contribution >= 0.6 is 11.6 Å². The van der Waals surface area contributed by atoms with E-state index in [0.717, 1.165) is 27.4 Å². The van der Waals surface area contributed by atoms with Crippen molar-refractivity contribution in [2.75, 3.05) is 17.7 Å². The Hall–Kier alpha value is -2.25. The smallest absolute Gasteiger partial charge is 0.244 e. The minimum absolute atomic E-state index is 0.253. The molecule has 0 radical (unpaired) electrons. The van der Waals surface area contributed by atoms with Crippen LogP contribution < -0.4 is 14.4 Å². The molecule has 0 aliphatic rings. The third kappa shape index (κ3) is 5.67. The number of halogens is 1. The van der Waals surface area contributed by atoms with Crippen LogP contribution in [0.1, 0.15) is 43.9 Å². The molecule has 0 saturated heterocycles. The maximum absolute atomic E-state index is 13.2. The third-order valence-corrected chi connectivity index (χ3v) is 6.35. The fraction of sp³-hybridized carbons (Fsp3) is 0.409. The van der Waals surface area contributed by atoms with E-state index < -0.39 is 16.1 Å². The topological polar surface area (TPSA) is 75.7 Å². The second-order valence-corrected chi connectivity index (χ2v) is 9.46. The first-order chi connectivity index (χ1) is 14.1. The Morgan fingerprint density at radius 2 is 1.87 bits per heavy atom. The first-order valence-corrected chi connectivity index (χ1v) is 12.0. The zero-order valence-electron chi connectivity index (χ0n) is 18.0. The molecule has 30 heavy (non-hydrogen) atoms. The van der Waals surface area contributed by atoms with Crippen LogP contribution in [0.4, 0.5) is 5.69 Å². The number of nitrogens with zero attached hydrogens (tertiary/aromatic N) is 1. The predicted molar refractivity (Wildman–Crippen MR) is 122 cm³/mol. The lowest BCUT2D eigenvalue weighted by Gasteiger charge is -2.31. The van der Waals surface area contributed by atoms with Crippen molar-refractivity contribution in [3.05, 3.63) is 58.6 Å². The van der Waals surface area contributed by atoms with Crippen molar-refractivity contribution in [2.45, 2.75) is 45.7 Å². The molecular formula is C22H29ClN2O4S. The standard InChI is InChI=1S/C22H29ClN2O4S/c1-6-19(16-11-12-21(29-4)15(3)13-16)24-22(26)20(7-2)25(30(5,27)28)18-10-8-9-17(23)14-18/h8-14,19-20H,6-7H2,1-5H3,(H,24,26)/t19-,20-/m0/s1. The van der Waals surface area contributed by atoms with Crippen molar-refractivity contribution < 1.29 is 17.9 Å². The highest BCUT2D eigenvalue weighted by atomic mass is 35.5. The Morgan fingerprint density at radius 1 is 1.17 bits per heavy atom. The summed E-state index contributed by atoms with van der Waals surface area (Å²) in [7, 11) is -2.10. The van der Waals surface area contributed by atoms with Crippen LogP contribution in [0.5, 0.6) is 5.75 Å². The van der Waals surface area contributed by atoms with E-state index in [4.69, 9.17) is 16.3 Å². The van der Waals surface area contributed by atoms with Crippen molar-refractivity contribution in [3.63, 3.8) is 0 Å². The van der Waals surface area contributed by atoms with Crippen molar-refractivity contribution in [2.24, 2.45) is 0 Å². The van der Waals surface area contributed by atoms with Crippen LogP contribution in [-0.2, 0) is 14.8 Å². The Labute approximate surface area is 184 Å². The van der Waals surface area contributed by atoms with Gasteiger partial charge in [-0.3, -0.25) is 9.10 Å². The summed E-state index contributed by atoms with van der Waals surface area (Å²) in [6.07, 6.45) is 2.06. The average molecular weight is 453 g/mol. The van der Waals surface area contributed by atoms with Crippen molar-refractivity contribution in [1.29, 1.82) is 0 Å². The zero-order chi connectivity index (χ0) is 22.5. The van der Waals surface area contributed by atoms with Gasteiger partial charge in [-0.1, -0.05) is 43.6 Å². The Bertz CT molecular complexity index is 994. The largest absolute Gasteiger partial charge is 0.496 e. The molecule has 164 valence electrons. The maximum Gasteiger partial charge on any atom is 0.244 e. The Morgan fingerprint density at radius 3 is 2.37 bits per heavy atom. The molecular weight excluding hydrogens is 424 g/mol. The van der Waals surface area contributed by atoms with Crippen molar-refractivity contribution >= 4 is 33.2 Å². The number of carbonyl (C=O) groups excluding carboxylic acids is 1. The summed E-state index contributed by atoms with van der Waals surface area (Å²) in [5, 5.41) is 3.42. The van der Waals surface area contributed by atoms with Gasteiger partial charge in [0.15, 0.2) is 0 Å². The number of carbonyl (C=O) groups is 1. The number of aryl methyl sites for hydroxylation is 1. The lowest BCUT2D eigenvalue weighted by Crippen LogP contribution is -2.50. The summed E-state index contributed by atoms with van der Waals surface area (Å²) in [5.41, 5.74) is 2.26. The van der Waals surface area contributed by atoms with Crippen LogP contribution in [0, 0.1) is 6.92 Å². The fourth-order valence-electron chi connectivity index (χ4n) is 3.48. The van der Waals surface area contributed by atoms with E-state index in [1.807, 2.05) is 32.0 Å². The number of benzene rings is 2. The minimum atomic E-state index is -3.72. The molecule has 0 saturated carbocycles. The molecule has 0 bridgehead atoms. The highest BCUT2D eigenvalue weighted by Crippen LogP contribution is 2.27. The summed E-state index contributed by atoms with van der Waals surface area (Å²) >= 11 is 6.06. The van der Waals surface area contributed by atoms with Gasteiger partial charge in [0.1, 0.15) is 11.8 Å². The Balaban J connectivity index is 2.35. The molecule has 0 spiro atoms. The molecule has 0 aromatic heterocycles. The fourth-order valence-corrected chi connectivity index (χ4v) is 4.87. The second-order valence-electron chi connectivity index (χ2n) is 7.16. The van der Waals surface area contributed by atoms with Gasteiger partial charge in [-0.05, 0) is 55.2 Å². The zero-order valence-corrected chi connectivity index (χ0v) is 19.5. The van der Waals surface area contributed by atoms with Crippen molar-refractivity contribution in [1.82, 2.24) is 5.32 Å². The molecule has 2 atom stereocenters. The van der Waals surface area contributed by atoms with Crippen molar-refractivity contribution in [3.8, 4) is 5.75 Å². The quantitative estimate of drug-likeness (QED) is 0.609. The van der Waals surface area contributed by atoms with Gasteiger partial charge in [0, 0.05) is 5.02 Å².